The van der Waals surface area contributed by atoms with Gasteiger partial charge in [0.25, 0.3) is 0 Å². The number of hydrogen-bond acceptors (Lipinski definition) is 3. The molecule has 1 aromatic heterocycles. The largest absolute Gasteiger partial charge is 0.352 e. The fraction of sp³-hybridized carbons (Fsp3) is 0.579. The van der Waals surface area contributed by atoms with Crippen molar-refractivity contribution in [1.29, 1.82) is 0 Å². The molecule has 0 saturated carbocycles. The molecule has 3 rings (SSSR count). The monoisotopic (exact) mass is 344 g/mol. The van der Waals surface area contributed by atoms with Gasteiger partial charge in [-0.1, -0.05) is 26.0 Å². The maximum absolute atomic E-state index is 12.3. The van der Waals surface area contributed by atoms with Gasteiger partial charge in [0.1, 0.15) is 0 Å². The second-order valence-electron chi connectivity index (χ2n) is 7.41. The summed E-state index contributed by atoms with van der Waals surface area (Å²) in [6.45, 7) is 8.61. The molecule has 0 radical (unpaired) electrons. The average Bonchev–Trinajstić information content (AvgIpc) is 2.91. The van der Waals surface area contributed by atoms with Crippen LogP contribution < -0.4 is 11.0 Å². The van der Waals surface area contributed by atoms with Crippen LogP contribution in [0.4, 0.5) is 0 Å². The summed E-state index contributed by atoms with van der Waals surface area (Å²) in [4.78, 5) is 29.4. The molecule has 2 aromatic rings. The normalized spacial score (nSPS) is 17.9. The molecule has 25 heavy (non-hydrogen) atoms. The van der Waals surface area contributed by atoms with Crippen molar-refractivity contribution in [3.05, 3.63) is 34.7 Å². The molecule has 0 aliphatic carbocycles. The van der Waals surface area contributed by atoms with Gasteiger partial charge in [-0.2, -0.15) is 0 Å². The first kappa shape index (κ1) is 17.7. The minimum absolute atomic E-state index is 0.0157. The Morgan fingerprint density at radius 3 is 2.60 bits per heavy atom. The first-order valence-corrected chi connectivity index (χ1v) is 9.17. The van der Waals surface area contributed by atoms with Crippen molar-refractivity contribution in [1.82, 2.24) is 19.8 Å². The molecule has 2 N–H and O–H groups in total. The number of aromatic nitrogens is 2. The average molecular weight is 344 g/mol. The van der Waals surface area contributed by atoms with Crippen molar-refractivity contribution >= 4 is 16.9 Å². The minimum Gasteiger partial charge on any atom is -0.352 e. The van der Waals surface area contributed by atoms with Crippen LogP contribution in [0.1, 0.15) is 39.7 Å². The van der Waals surface area contributed by atoms with E-state index >= 15 is 0 Å². The summed E-state index contributed by atoms with van der Waals surface area (Å²) in [6, 6.07) is 8.24. The summed E-state index contributed by atoms with van der Waals surface area (Å²) in [5.74, 6) is 0.120. The maximum Gasteiger partial charge on any atom is 0.326 e. The summed E-state index contributed by atoms with van der Waals surface area (Å²) >= 11 is 0. The van der Waals surface area contributed by atoms with E-state index in [9.17, 15) is 9.59 Å². The van der Waals surface area contributed by atoms with E-state index < -0.39 is 0 Å². The van der Waals surface area contributed by atoms with Crippen LogP contribution in [0.5, 0.6) is 0 Å². The number of fused-ring (bicyclic) bond motifs is 1. The number of carbonyl (C=O) groups excluding carboxylic acids is 1. The second-order valence-corrected chi connectivity index (χ2v) is 7.41. The first-order chi connectivity index (χ1) is 12.0. The van der Waals surface area contributed by atoms with Crippen LogP contribution in [0, 0.1) is 5.92 Å². The first-order valence-electron chi connectivity index (χ1n) is 9.17. The fourth-order valence-electron chi connectivity index (χ4n) is 3.64. The van der Waals surface area contributed by atoms with Crippen molar-refractivity contribution in [3.8, 4) is 0 Å². The number of H-pyrrole nitrogens is 1. The fourth-order valence-corrected chi connectivity index (χ4v) is 3.64. The molecule has 2 heterocycles. The molecule has 1 aliphatic heterocycles. The SMILES string of the molecule is CC(C)C(=O)N[C@@H](C)CN1CCC(n2c(=O)[nH]c3ccccc32)CC1. The number of imidazole rings is 1. The van der Waals surface area contributed by atoms with E-state index in [1.54, 1.807) is 0 Å². The molecule has 1 atom stereocenters. The summed E-state index contributed by atoms with van der Waals surface area (Å²) in [5, 5.41) is 3.06. The predicted octanol–water partition coefficient (Wildman–Crippen LogP) is 2.13. The molecular formula is C19H28N4O2. The Bertz CT molecular complexity index is 784. The number of benzene rings is 1. The number of hydrogen-bond donors (Lipinski definition) is 2. The number of piperidine rings is 1. The van der Waals surface area contributed by atoms with Crippen LogP contribution in [0.2, 0.25) is 0 Å². The van der Waals surface area contributed by atoms with Crippen molar-refractivity contribution in [3.63, 3.8) is 0 Å². The number of likely N-dealkylation sites (tertiary alicyclic amines) is 1. The van der Waals surface area contributed by atoms with Crippen molar-refractivity contribution in [2.24, 2.45) is 5.92 Å². The Balaban J connectivity index is 1.59. The van der Waals surface area contributed by atoms with Gasteiger partial charge in [0.05, 0.1) is 11.0 Å². The Kier molecular flexibility index (Phi) is 5.27. The summed E-state index contributed by atoms with van der Waals surface area (Å²) in [6.07, 6.45) is 1.90. The standard InChI is InChI=1S/C19H28N4O2/c1-13(2)18(24)20-14(3)12-22-10-8-15(9-11-22)23-17-7-5-4-6-16(17)21-19(23)25/h4-7,13-15H,8-12H2,1-3H3,(H,20,24)(H,21,25)/t14-/m0/s1. The lowest BCUT2D eigenvalue weighted by atomic mass is 10.0. The van der Waals surface area contributed by atoms with Crippen LogP contribution in [0.3, 0.4) is 0 Å². The molecule has 6 nitrogen and oxygen atoms in total. The van der Waals surface area contributed by atoms with Gasteiger partial charge in [-0.3, -0.25) is 9.36 Å². The van der Waals surface area contributed by atoms with E-state index in [1.165, 1.54) is 0 Å². The van der Waals surface area contributed by atoms with Crippen LogP contribution in [0.15, 0.2) is 29.1 Å². The van der Waals surface area contributed by atoms with E-state index in [1.807, 2.05) is 42.7 Å². The molecule has 0 unspecified atom stereocenters. The van der Waals surface area contributed by atoms with Crippen LogP contribution in [-0.2, 0) is 4.79 Å². The zero-order chi connectivity index (χ0) is 18.0. The maximum atomic E-state index is 12.3. The highest BCUT2D eigenvalue weighted by Gasteiger charge is 2.24. The second kappa shape index (κ2) is 7.44. The lowest BCUT2D eigenvalue weighted by Crippen LogP contribution is -2.46. The minimum atomic E-state index is -0.0165. The number of nitrogens with zero attached hydrogens (tertiary/aromatic N) is 2. The van der Waals surface area contributed by atoms with Gasteiger partial charge >= 0.3 is 5.69 Å². The van der Waals surface area contributed by atoms with Gasteiger partial charge in [-0.15, -0.1) is 0 Å². The molecule has 0 spiro atoms. The van der Waals surface area contributed by atoms with Crippen molar-refractivity contribution in [2.75, 3.05) is 19.6 Å². The van der Waals surface area contributed by atoms with Gasteiger partial charge in [-0.25, -0.2) is 4.79 Å². The van der Waals surface area contributed by atoms with Gasteiger partial charge in [0, 0.05) is 37.6 Å². The third kappa shape index (κ3) is 3.95. The number of aromatic amines is 1. The summed E-state index contributed by atoms with van der Waals surface area (Å²) < 4.78 is 1.91. The molecule has 6 heteroatoms. The highest BCUT2D eigenvalue weighted by molar-refractivity contribution is 5.78. The molecule has 1 amide bonds. The van der Waals surface area contributed by atoms with E-state index in [0.717, 1.165) is 43.5 Å². The lowest BCUT2D eigenvalue weighted by Gasteiger charge is -2.34. The van der Waals surface area contributed by atoms with Crippen LogP contribution in [0.25, 0.3) is 11.0 Å². The number of carbonyl (C=O) groups is 1. The number of amides is 1. The van der Waals surface area contributed by atoms with Crippen LogP contribution in [-0.4, -0.2) is 46.0 Å². The van der Waals surface area contributed by atoms with E-state index in [-0.39, 0.29) is 29.6 Å². The molecule has 1 aromatic carbocycles. The quantitative estimate of drug-likeness (QED) is 0.873. The molecule has 1 aliphatic rings. The molecule has 1 saturated heterocycles. The Morgan fingerprint density at radius 1 is 1.24 bits per heavy atom. The van der Waals surface area contributed by atoms with E-state index in [0.29, 0.717) is 0 Å². The molecule has 136 valence electrons. The Hall–Kier alpha value is -2.08. The Labute approximate surface area is 148 Å². The predicted molar refractivity (Wildman–Crippen MR) is 99.7 cm³/mol. The number of para-hydroxylation sites is 2. The van der Waals surface area contributed by atoms with Gasteiger partial charge in [-0.05, 0) is 31.9 Å². The van der Waals surface area contributed by atoms with E-state index in [2.05, 4.69) is 22.1 Å². The van der Waals surface area contributed by atoms with Crippen molar-refractivity contribution < 1.29 is 4.79 Å². The topological polar surface area (TPSA) is 70.1 Å². The highest BCUT2D eigenvalue weighted by Crippen LogP contribution is 2.24. The Morgan fingerprint density at radius 2 is 1.92 bits per heavy atom. The zero-order valence-corrected chi connectivity index (χ0v) is 15.3. The smallest absolute Gasteiger partial charge is 0.326 e. The molecular weight excluding hydrogens is 316 g/mol. The molecule has 1 fully saturated rings. The summed E-state index contributed by atoms with van der Waals surface area (Å²) in [5.41, 5.74) is 1.88. The lowest BCUT2D eigenvalue weighted by molar-refractivity contribution is -0.124. The van der Waals surface area contributed by atoms with Gasteiger partial charge < -0.3 is 15.2 Å². The number of rotatable bonds is 5. The highest BCUT2D eigenvalue weighted by atomic mass is 16.2. The molecule has 0 bridgehead atoms. The summed E-state index contributed by atoms with van der Waals surface area (Å²) in [7, 11) is 0. The van der Waals surface area contributed by atoms with Gasteiger partial charge in [0.15, 0.2) is 0 Å². The number of nitrogens with one attached hydrogen (secondary N) is 2. The third-order valence-electron chi connectivity index (χ3n) is 4.99. The van der Waals surface area contributed by atoms with Crippen LogP contribution >= 0.6 is 0 Å². The van der Waals surface area contributed by atoms with E-state index in [4.69, 9.17) is 0 Å². The third-order valence-corrected chi connectivity index (χ3v) is 4.99. The van der Waals surface area contributed by atoms with Crippen molar-refractivity contribution in [2.45, 2.75) is 45.7 Å². The zero-order valence-electron chi connectivity index (χ0n) is 15.3. The van der Waals surface area contributed by atoms with Gasteiger partial charge in [0.2, 0.25) is 5.91 Å².